The van der Waals surface area contributed by atoms with E-state index in [4.69, 9.17) is 5.11 Å². The maximum atomic E-state index is 10.2. The molecule has 0 saturated carbocycles. The van der Waals surface area contributed by atoms with Gasteiger partial charge in [0.25, 0.3) is 0 Å². The Morgan fingerprint density at radius 3 is 1.82 bits per heavy atom. The van der Waals surface area contributed by atoms with Gasteiger partial charge in [0, 0.05) is 26.0 Å². The van der Waals surface area contributed by atoms with Crippen LogP contribution in [0.2, 0.25) is 0 Å². The van der Waals surface area contributed by atoms with Gasteiger partial charge in [0.05, 0.1) is 12.2 Å². The van der Waals surface area contributed by atoms with E-state index < -0.39 is 5.97 Å². The highest BCUT2D eigenvalue weighted by Gasteiger charge is 2.06. The van der Waals surface area contributed by atoms with Crippen LogP contribution in [0, 0.1) is 0 Å². The Morgan fingerprint density at radius 1 is 0.857 bits per heavy atom. The average molecular weight is 389 g/mol. The summed E-state index contributed by atoms with van der Waals surface area (Å²) >= 11 is 0. The van der Waals surface area contributed by atoms with Crippen molar-refractivity contribution in [3.8, 4) is 0 Å². The van der Waals surface area contributed by atoms with Crippen molar-refractivity contribution in [1.82, 2.24) is 9.80 Å². The number of aromatic carboxylic acids is 1. The lowest BCUT2D eigenvalue weighted by Gasteiger charge is -2.17. The molecule has 0 fully saturated rings. The molecule has 0 aliphatic carbocycles. The fourth-order valence-electron chi connectivity index (χ4n) is 3.29. The summed E-state index contributed by atoms with van der Waals surface area (Å²) in [5.41, 5.74) is 0.331. The Labute approximate surface area is 172 Å². The second-order valence-corrected chi connectivity index (χ2v) is 7.72. The molecule has 4 heteroatoms. The van der Waals surface area contributed by atoms with E-state index in [0.29, 0.717) is 5.56 Å². The van der Waals surface area contributed by atoms with E-state index in [2.05, 4.69) is 36.2 Å². The Balaban J connectivity index is 0.000000362. The molecule has 1 heterocycles. The predicted octanol–water partition coefficient (Wildman–Crippen LogP) is 6.36. The predicted molar refractivity (Wildman–Crippen MR) is 118 cm³/mol. The van der Waals surface area contributed by atoms with Gasteiger partial charge in [-0.2, -0.15) is 0 Å². The number of rotatable bonds is 13. The molecule has 1 aromatic carbocycles. The van der Waals surface area contributed by atoms with Gasteiger partial charge in [0.15, 0.2) is 0 Å². The van der Waals surface area contributed by atoms with Crippen LogP contribution in [-0.2, 0) is 0 Å². The number of unbranched alkanes of at least 4 members (excludes halogenated alkanes) is 10. The van der Waals surface area contributed by atoms with Gasteiger partial charge >= 0.3 is 5.97 Å². The van der Waals surface area contributed by atoms with E-state index in [9.17, 15) is 4.79 Å². The van der Waals surface area contributed by atoms with E-state index in [1.165, 1.54) is 77.2 Å². The highest BCUT2D eigenvalue weighted by molar-refractivity contribution is 5.87. The van der Waals surface area contributed by atoms with Crippen LogP contribution in [0.5, 0.6) is 0 Å². The molecule has 1 aliphatic heterocycles. The lowest BCUT2D eigenvalue weighted by atomic mass is 10.1. The molecule has 1 aliphatic rings. The number of nitrogens with zero attached hydrogens (tertiary/aromatic N) is 2. The Morgan fingerprint density at radius 2 is 1.39 bits per heavy atom. The lowest BCUT2D eigenvalue weighted by molar-refractivity contribution is 0.0697. The van der Waals surface area contributed by atoms with E-state index in [0.717, 1.165) is 6.67 Å². The van der Waals surface area contributed by atoms with Crippen LogP contribution in [0.25, 0.3) is 0 Å². The smallest absolute Gasteiger partial charge is 0.335 e. The van der Waals surface area contributed by atoms with Crippen molar-refractivity contribution in [2.75, 3.05) is 20.3 Å². The maximum Gasteiger partial charge on any atom is 0.335 e. The summed E-state index contributed by atoms with van der Waals surface area (Å²) in [5, 5.41) is 8.38. The summed E-state index contributed by atoms with van der Waals surface area (Å²) in [6, 6.07) is 8.30. The van der Waals surface area contributed by atoms with Crippen LogP contribution < -0.4 is 0 Å². The van der Waals surface area contributed by atoms with Gasteiger partial charge in [-0.05, 0) is 18.6 Å². The van der Waals surface area contributed by atoms with E-state index in [1.807, 2.05) is 0 Å². The quantitative estimate of drug-likeness (QED) is 0.399. The normalized spacial score (nSPS) is 12.8. The Bertz CT molecular complexity index is 531. The molecular weight excluding hydrogens is 348 g/mol. The van der Waals surface area contributed by atoms with Crippen molar-refractivity contribution in [3.63, 3.8) is 0 Å². The zero-order valence-corrected chi connectivity index (χ0v) is 18.0. The molecule has 0 amide bonds. The van der Waals surface area contributed by atoms with E-state index in [-0.39, 0.29) is 0 Å². The molecule has 0 saturated heterocycles. The number of benzene rings is 1. The van der Waals surface area contributed by atoms with Crippen LogP contribution in [0.1, 0.15) is 87.9 Å². The Hall–Kier alpha value is -1.97. The second-order valence-electron chi connectivity index (χ2n) is 7.72. The number of hydrogen-bond donors (Lipinski definition) is 1. The molecule has 0 bridgehead atoms. The first kappa shape index (κ1) is 24.1. The maximum absolute atomic E-state index is 10.2. The van der Waals surface area contributed by atoms with Gasteiger partial charge < -0.3 is 14.9 Å². The zero-order chi connectivity index (χ0) is 20.5. The monoisotopic (exact) mass is 388 g/mol. The van der Waals surface area contributed by atoms with Crippen molar-refractivity contribution in [3.05, 3.63) is 48.3 Å². The van der Waals surface area contributed by atoms with Crippen molar-refractivity contribution >= 4 is 5.97 Å². The standard InChI is InChI=1S/C17H34N2.C7H6O2/c1-3-4-5-6-7-8-9-10-11-12-13-14-19-16-15-18(2)17-19;8-7(9)6-4-2-1-3-5-6/h15-16H,3-14,17H2,1-2H3;1-5H,(H,8,9). The highest BCUT2D eigenvalue weighted by atomic mass is 16.4. The molecule has 0 atom stereocenters. The fourth-order valence-corrected chi connectivity index (χ4v) is 3.29. The second kappa shape index (κ2) is 16.0. The molecule has 1 aromatic rings. The molecule has 0 spiro atoms. The van der Waals surface area contributed by atoms with Crippen molar-refractivity contribution < 1.29 is 9.90 Å². The van der Waals surface area contributed by atoms with Crippen LogP contribution >= 0.6 is 0 Å². The highest BCUT2D eigenvalue weighted by Crippen LogP contribution is 2.12. The molecule has 1 N–H and O–H groups in total. The first-order valence-corrected chi connectivity index (χ1v) is 11.0. The minimum atomic E-state index is -0.879. The number of hydrogen-bond acceptors (Lipinski definition) is 3. The summed E-state index contributed by atoms with van der Waals surface area (Å²) in [5.74, 6) is -0.879. The Kier molecular flexibility index (Phi) is 13.8. The third kappa shape index (κ3) is 12.4. The van der Waals surface area contributed by atoms with E-state index >= 15 is 0 Å². The molecule has 2 rings (SSSR count). The summed E-state index contributed by atoms with van der Waals surface area (Å²) in [6.45, 7) is 4.60. The minimum Gasteiger partial charge on any atom is -0.478 e. The summed E-state index contributed by atoms with van der Waals surface area (Å²) in [7, 11) is 2.14. The van der Waals surface area contributed by atoms with Crippen molar-refractivity contribution in [2.45, 2.75) is 77.6 Å². The van der Waals surface area contributed by atoms with Crippen LogP contribution in [-0.4, -0.2) is 41.1 Å². The molecule has 28 heavy (non-hydrogen) atoms. The number of carboxylic acid groups (broad SMARTS) is 1. The molecule has 0 unspecified atom stereocenters. The molecule has 0 radical (unpaired) electrons. The average Bonchev–Trinajstić information content (AvgIpc) is 3.12. The topological polar surface area (TPSA) is 43.8 Å². The van der Waals surface area contributed by atoms with Gasteiger partial charge in [-0.15, -0.1) is 0 Å². The molecular formula is C24H40N2O2. The molecule has 158 valence electrons. The van der Waals surface area contributed by atoms with Gasteiger partial charge in [0.2, 0.25) is 0 Å². The number of carbonyl (C=O) groups is 1. The largest absolute Gasteiger partial charge is 0.478 e. The van der Waals surface area contributed by atoms with Crippen molar-refractivity contribution in [1.29, 1.82) is 0 Å². The molecule has 0 aromatic heterocycles. The van der Waals surface area contributed by atoms with Gasteiger partial charge in [-0.25, -0.2) is 4.79 Å². The van der Waals surface area contributed by atoms with Gasteiger partial charge in [-0.1, -0.05) is 89.3 Å². The minimum absolute atomic E-state index is 0.331. The van der Waals surface area contributed by atoms with Crippen LogP contribution in [0.3, 0.4) is 0 Å². The third-order valence-electron chi connectivity index (χ3n) is 5.01. The zero-order valence-electron chi connectivity index (χ0n) is 18.0. The van der Waals surface area contributed by atoms with Gasteiger partial charge in [0.1, 0.15) is 0 Å². The summed E-state index contributed by atoms with van der Waals surface area (Å²) in [4.78, 5) is 14.8. The number of carboxylic acids is 1. The first-order chi connectivity index (χ1) is 13.6. The molecule has 4 nitrogen and oxygen atoms in total. The summed E-state index contributed by atoms with van der Waals surface area (Å²) < 4.78 is 0. The first-order valence-electron chi connectivity index (χ1n) is 11.0. The van der Waals surface area contributed by atoms with Gasteiger partial charge in [-0.3, -0.25) is 0 Å². The van der Waals surface area contributed by atoms with E-state index in [1.54, 1.807) is 30.3 Å². The summed E-state index contributed by atoms with van der Waals surface area (Å²) in [6.07, 6.45) is 20.1. The van der Waals surface area contributed by atoms with Crippen molar-refractivity contribution in [2.24, 2.45) is 0 Å². The van der Waals surface area contributed by atoms with Crippen LogP contribution in [0.4, 0.5) is 0 Å². The van der Waals surface area contributed by atoms with Crippen LogP contribution in [0.15, 0.2) is 42.7 Å². The SMILES string of the molecule is CCCCCCCCCCCCCN1C=CN(C)C1.O=C(O)c1ccccc1. The lowest BCUT2D eigenvalue weighted by Crippen LogP contribution is -2.23. The fraction of sp³-hybridized carbons (Fsp3) is 0.625. The third-order valence-corrected chi connectivity index (χ3v) is 5.01.